The molecule has 3 aliphatic rings. The van der Waals surface area contributed by atoms with Crippen molar-refractivity contribution in [2.45, 2.75) is 56.9 Å². The molecule has 2 aliphatic heterocycles. The van der Waals surface area contributed by atoms with Gasteiger partial charge in [-0.25, -0.2) is 0 Å². The average molecular weight is 452 g/mol. The molecule has 1 amide bonds. The van der Waals surface area contributed by atoms with Crippen molar-refractivity contribution in [3.05, 3.63) is 47.0 Å². The lowest BCUT2D eigenvalue weighted by Gasteiger charge is -2.46. The molecule has 5 rings (SSSR count). The van der Waals surface area contributed by atoms with E-state index in [-0.39, 0.29) is 17.4 Å². The van der Waals surface area contributed by atoms with Gasteiger partial charge in [0.25, 0.3) is 0 Å². The van der Waals surface area contributed by atoms with Crippen LogP contribution in [0.1, 0.15) is 61.8 Å². The van der Waals surface area contributed by atoms with Crippen molar-refractivity contribution in [2.75, 3.05) is 34.0 Å². The lowest BCUT2D eigenvalue weighted by Crippen LogP contribution is -2.48. The number of hydrogen-bond donors (Lipinski definition) is 0. The Balaban J connectivity index is 1.42. The van der Waals surface area contributed by atoms with E-state index in [1.165, 1.54) is 24.0 Å². The third kappa shape index (κ3) is 3.90. The van der Waals surface area contributed by atoms with Crippen molar-refractivity contribution in [2.24, 2.45) is 0 Å². The zero-order chi connectivity index (χ0) is 23.0. The fourth-order valence-electron chi connectivity index (χ4n) is 5.87. The number of fused-ring (bicyclic) bond motifs is 3. The van der Waals surface area contributed by atoms with Crippen LogP contribution in [0.25, 0.3) is 0 Å². The molecule has 1 unspecified atom stereocenters. The van der Waals surface area contributed by atoms with E-state index in [9.17, 15) is 4.79 Å². The van der Waals surface area contributed by atoms with E-state index in [0.717, 1.165) is 47.9 Å². The van der Waals surface area contributed by atoms with Crippen molar-refractivity contribution in [1.29, 1.82) is 0 Å². The van der Waals surface area contributed by atoms with Crippen LogP contribution in [-0.2, 0) is 16.6 Å². The third-order valence-electron chi connectivity index (χ3n) is 7.65. The first-order valence-corrected chi connectivity index (χ1v) is 12.0. The van der Waals surface area contributed by atoms with Gasteiger partial charge in [-0.05, 0) is 73.2 Å². The maximum Gasteiger partial charge on any atom is 0.223 e. The summed E-state index contributed by atoms with van der Waals surface area (Å²) in [6.45, 7) is 4.07. The summed E-state index contributed by atoms with van der Waals surface area (Å²) in [5, 5.41) is 0. The van der Waals surface area contributed by atoms with Crippen molar-refractivity contribution in [1.82, 2.24) is 4.90 Å². The first kappa shape index (κ1) is 21.9. The summed E-state index contributed by atoms with van der Waals surface area (Å²) in [6, 6.07) is 10.1. The second-order valence-electron chi connectivity index (χ2n) is 9.45. The number of carbonyl (C=O) groups excluding carboxylic acids is 1. The number of benzene rings is 2. The van der Waals surface area contributed by atoms with Crippen LogP contribution >= 0.6 is 0 Å². The lowest BCUT2D eigenvalue weighted by molar-refractivity contribution is -0.135. The number of hydrogen-bond acceptors (Lipinski definition) is 5. The molecule has 1 spiro atoms. The highest BCUT2D eigenvalue weighted by molar-refractivity contribution is 5.78. The average Bonchev–Trinajstić information content (AvgIpc) is 3.33. The summed E-state index contributed by atoms with van der Waals surface area (Å²) in [7, 11) is 3.31. The van der Waals surface area contributed by atoms with Crippen molar-refractivity contribution in [3.63, 3.8) is 0 Å². The third-order valence-corrected chi connectivity index (χ3v) is 7.65. The van der Waals surface area contributed by atoms with E-state index in [4.69, 9.17) is 18.9 Å². The molecule has 0 saturated heterocycles. The molecule has 1 aliphatic carbocycles. The molecule has 0 bridgehead atoms. The van der Waals surface area contributed by atoms with Gasteiger partial charge in [0, 0.05) is 18.4 Å². The smallest absolute Gasteiger partial charge is 0.223 e. The molecule has 33 heavy (non-hydrogen) atoms. The molecule has 6 heteroatoms. The maximum absolute atomic E-state index is 13.6. The molecular weight excluding hydrogens is 418 g/mol. The quantitative estimate of drug-likeness (QED) is 0.652. The fourth-order valence-corrected chi connectivity index (χ4v) is 5.87. The standard InChI is InChI=1S/C27H33NO5/c1-18-21-15-24-25(33-13-12-32-24)16-22(21)27(10-4-5-11-27)17-28(18)26(29)9-6-19-14-20(30-2)7-8-23(19)31-3/h7-8,14-16,18H,4-6,9-13,17H2,1-3H3. The predicted octanol–water partition coefficient (Wildman–Crippen LogP) is 4.82. The summed E-state index contributed by atoms with van der Waals surface area (Å²) in [4.78, 5) is 15.7. The van der Waals surface area contributed by atoms with Crippen molar-refractivity contribution in [3.8, 4) is 23.0 Å². The van der Waals surface area contributed by atoms with Gasteiger partial charge >= 0.3 is 0 Å². The molecule has 0 N–H and O–H groups in total. The van der Waals surface area contributed by atoms with Crippen LogP contribution in [0.5, 0.6) is 23.0 Å². The molecule has 2 aromatic carbocycles. The minimum Gasteiger partial charge on any atom is -0.497 e. The number of aryl methyl sites for hydroxylation is 1. The minimum absolute atomic E-state index is 0.00163. The Morgan fingerprint density at radius 3 is 2.48 bits per heavy atom. The summed E-state index contributed by atoms with van der Waals surface area (Å²) < 4.78 is 22.7. The molecule has 2 aromatic rings. The number of carbonyl (C=O) groups is 1. The Hall–Kier alpha value is -2.89. The summed E-state index contributed by atoms with van der Waals surface area (Å²) in [6.07, 6.45) is 5.67. The number of amides is 1. The second-order valence-corrected chi connectivity index (χ2v) is 9.45. The maximum atomic E-state index is 13.6. The molecule has 0 aromatic heterocycles. The highest BCUT2D eigenvalue weighted by atomic mass is 16.6. The van der Waals surface area contributed by atoms with Crippen LogP contribution in [0.3, 0.4) is 0 Å². The molecule has 6 nitrogen and oxygen atoms in total. The van der Waals surface area contributed by atoms with Crippen molar-refractivity contribution >= 4 is 5.91 Å². The van der Waals surface area contributed by atoms with Gasteiger partial charge in [-0.2, -0.15) is 0 Å². The SMILES string of the molecule is COc1ccc(OC)c(CCC(=O)N2CC3(CCCC3)c3cc4c(cc3C2C)OCCO4)c1. The first-order valence-electron chi connectivity index (χ1n) is 12.0. The lowest BCUT2D eigenvalue weighted by atomic mass is 9.71. The van der Waals surface area contributed by atoms with Crippen LogP contribution in [0.15, 0.2) is 30.3 Å². The highest BCUT2D eigenvalue weighted by Gasteiger charge is 2.46. The molecule has 2 heterocycles. The summed E-state index contributed by atoms with van der Waals surface area (Å²) in [5.41, 5.74) is 3.57. The Kier molecular flexibility index (Phi) is 5.85. The van der Waals surface area contributed by atoms with Crippen LogP contribution in [0, 0.1) is 0 Å². The fraction of sp³-hybridized carbons (Fsp3) is 0.519. The summed E-state index contributed by atoms with van der Waals surface area (Å²) >= 11 is 0. The minimum atomic E-state index is 0.00163. The van der Waals surface area contributed by atoms with E-state index >= 15 is 0 Å². The predicted molar refractivity (Wildman–Crippen MR) is 126 cm³/mol. The van der Waals surface area contributed by atoms with Gasteiger partial charge in [-0.3, -0.25) is 4.79 Å². The Bertz CT molecular complexity index is 1040. The molecular formula is C27H33NO5. The normalized spacial score (nSPS) is 20.5. The molecule has 176 valence electrons. The Labute approximate surface area is 195 Å². The number of ether oxygens (including phenoxy) is 4. The monoisotopic (exact) mass is 451 g/mol. The molecule has 0 radical (unpaired) electrons. The van der Waals surface area contributed by atoms with Gasteiger partial charge in [0.05, 0.1) is 20.3 Å². The van der Waals surface area contributed by atoms with E-state index in [1.807, 2.05) is 18.2 Å². The van der Waals surface area contributed by atoms with E-state index in [2.05, 4.69) is 24.0 Å². The first-order chi connectivity index (χ1) is 16.0. The molecule has 1 atom stereocenters. The zero-order valence-electron chi connectivity index (χ0n) is 19.8. The largest absolute Gasteiger partial charge is 0.497 e. The van der Waals surface area contributed by atoms with Gasteiger partial charge < -0.3 is 23.8 Å². The Morgan fingerprint density at radius 1 is 1.06 bits per heavy atom. The number of nitrogens with zero attached hydrogens (tertiary/aromatic N) is 1. The van der Waals surface area contributed by atoms with Gasteiger partial charge in [-0.15, -0.1) is 0 Å². The topological polar surface area (TPSA) is 57.2 Å². The van der Waals surface area contributed by atoms with Crippen molar-refractivity contribution < 1.29 is 23.7 Å². The van der Waals surface area contributed by atoms with Crippen LogP contribution < -0.4 is 18.9 Å². The van der Waals surface area contributed by atoms with Gasteiger partial charge in [-0.1, -0.05) is 12.8 Å². The van der Waals surface area contributed by atoms with E-state index in [1.54, 1.807) is 14.2 Å². The van der Waals surface area contributed by atoms with E-state index in [0.29, 0.717) is 26.1 Å². The Morgan fingerprint density at radius 2 is 1.79 bits per heavy atom. The molecule has 1 fully saturated rings. The molecule has 1 saturated carbocycles. The zero-order valence-corrected chi connectivity index (χ0v) is 19.8. The van der Waals surface area contributed by atoms with Crippen LogP contribution in [-0.4, -0.2) is 44.8 Å². The van der Waals surface area contributed by atoms with Gasteiger partial charge in [0.1, 0.15) is 24.7 Å². The van der Waals surface area contributed by atoms with Gasteiger partial charge in [0.15, 0.2) is 11.5 Å². The van der Waals surface area contributed by atoms with Gasteiger partial charge in [0.2, 0.25) is 5.91 Å². The number of rotatable bonds is 5. The van der Waals surface area contributed by atoms with Crippen LogP contribution in [0.4, 0.5) is 0 Å². The second kappa shape index (κ2) is 8.81. The summed E-state index contributed by atoms with van der Waals surface area (Å²) in [5.74, 6) is 3.39. The number of methoxy groups -OCH3 is 2. The highest BCUT2D eigenvalue weighted by Crippen LogP contribution is 2.52. The van der Waals surface area contributed by atoms with E-state index < -0.39 is 0 Å². The van der Waals surface area contributed by atoms with Crippen LogP contribution in [0.2, 0.25) is 0 Å².